The quantitative estimate of drug-likeness (QED) is 0.566. The van der Waals surface area contributed by atoms with Crippen molar-refractivity contribution >= 4 is 21.9 Å². The lowest BCUT2D eigenvalue weighted by molar-refractivity contribution is -0.142. The van der Waals surface area contributed by atoms with Gasteiger partial charge >= 0.3 is 5.97 Å². The van der Waals surface area contributed by atoms with Crippen LogP contribution in [0.25, 0.3) is 0 Å². The molecular weight excluding hydrogens is 224 g/mol. The number of nitrogens with one attached hydrogen (secondary N) is 1. The van der Waals surface area contributed by atoms with Crippen LogP contribution in [0, 0.1) is 11.3 Å². The maximum atomic E-state index is 10.8. The summed E-state index contributed by atoms with van der Waals surface area (Å²) in [6, 6.07) is 1.61. The Hall–Kier alpha value is -0.600. The molecule has 0 amide bonds. The highest BCUT2D eigenvalue weighted by molar-refractivity contribution is 9.09. The molecule has 0 aliphatic carbocycles. The average molecular weight is 235 g/mol. The standard InChI is InChI=1S/C7H11BrN2O2/c1-5(7(11)12-2)10-4-6(8)3-9/h5-6,10H,4H2,1-2H3. The molecular formula is C7H11BrN2O2. The molecule has 68 valence electrons. The van der Waals surface area contributed by atoms with E-state index in [1.165, 1.54) is 7.11 Å². The largest absolute Gasteiger partial charge is 0.468 e. The summed E-state index contributed by atoms with van der Waals surface area (Å²) >= 11 is 3.10. The van der Waals surface area contributed by atoms with Crippen molar-refractivity contribution in [1.82, 2.24) is 5.32 Å². The van der Waals surface area contributed by atoms with Gasteiger partial charge in [0, 0.05) is 6.54 Å². The fourth-order valence-electron chi connectivity index (χ4n) is 0.586. The molecule has 0 aromatic rings. The molecule has 0 aliphatic heterocycles. The van der Waals surface area contributed by atoms with E-state index in [4.69, 9.17) is 5.26 Å². The van der Waals surface area contributed by atoms with E-state index < -0.39 is 0 Å². The molecule has 0 aromatic heterocycles. The summed E-state index contributed by atoms with van der Waals surface area (Å²) in [5, 5.41) is 11.2. The van der Waals surface area contributed by atoms with E-state index in [1.54, 1.807) is 6.92 Å². The minimum atomic E-state index is -0.372. The Labute approximate surface area is 80.0 Å². The first-order chi connectivity index (χ1) is 5.61. The molecule has 0 radical (unpaired) electrons. The van der Waals surface area contributed by atoms with Crippen molar-refractivity contribution < 1.29 is 9.53 Å². The summed E-state index contributed by atoms with van der Waals surface area (Å²) in [6.07, 6.45) is 0. The molecule has 1 N–H and O–H groups in total. The zero-order valence-corrected chi connectivity index (χ0v) is 8.59. The fraction of sp³-hybridized carbons (Fsp3) is 0.714. The second-order valence-electron chi connectivity index (χ2n) is 2.25. The number of halogens is 1. The number of ether oxygens (including phenoxy) is 1. The number of alkyl halides is 1. The Morgan fingerprint density at radius 2 is 2.42 bits per heavy atom. The fourth-order valence-corrected chi connectivity index (χ4v) is 0.773. The van der Waals surface area contributed by atoms with Gasteiger partial charge in [-0.25, -0.2) is 0 Å². The van der Waals surface area contributed by atoms with Crippen LogP contribution in [0.1, 0.15) is 6.92 Å². The molecule has 0 bridgehead atoms. The molecule has 0 spiro atoms. The average Bonchev–Trinajstić information content (AvgIpc) is 2.11. The third-order valence-corrected chi connectivity index (χ3v) is 1.83. The molecule has 0 aliphatic rings. The lowest BCUT2D eigenvalue weighted by Gasteiger charge is -2.10. The number of esters is 1. The zero-order valence-electron chi connectivity index (χ0n) is 7.00. The van der Waals surface area contributed by atoms with Crippen LogP contribution in [0.15, 0.2) is 0 Å². The predicted octanol–water partition coefficient (Wildman–Crippen LogP) is 0.425. The number of hydrogen-bond donors (Lipinski definition) is 1. The molecule has 0 saturated heterocycles. The van der Waals surface area contributed by atoms with E-state index in [2.05, 4.69) is 26.0 Å². The highest BCUT2D eigenvalue weighted by Crippen LogP contribution is 1.95. The number of nitriles is 1. The first-order valence-corrected chi connectivity index (χ1v) is 4.38. The highest BCUT2D eigenvalue weighted by atomic mass is 79.9. The van der Waals surface area contributed by atoms with Crippen LogP contribution in [-0.2, 0) is 9.53 Å². The van der Waals surface area contributed by atoms with Crippen molar-refractivity contribution in [2.75, 3.05) is 13.7 Å². The molecule has 0 heterocycles. The third-order valence-electron chi connectivity index (χ3n) is 1.30. The topological polar surface area (TPSA) is 62.1 Å². The van der Waals surface area contributed by atoms with E-state index in [9.17, 15) is 4.79 Å². The number of hydrogen-bond acceptors (Lipinski definition) is 4. The van der Waals surface area contributed by atoms with E-state index in [1.807, 2.05) is 6.07 Å². The minimum absolute atomic E-state index is 0.274. The van der Waals surface area contributed by atoms with Gasteiger partial charge in [-0.3, -0.25) is 4.79 Å². The van der Waals surface area contributed by atoms with E-state index in [-0.39, 0.29) is 16.8 Å². The summed E-state index contributed by atoms with van der Waals surface area (Å²) < 4.78 is 4.48. The Bertz CT molecular complexity index is 190. The molecule has 12 heavy (non-hydrogen) atoms. The van der Waals surface area contributed by atoms with Crippen molar-refractivity contribution in [3.63, 3.8) is 0 Å². The van der Waals surface area contributed by atoms with Gasteiger partial charge in [0.05, 0.1) is 13.2 Å². The second kappa shape index (κ2) is 5.98. The Balaban J connectivity index is 3.65. The smallest absolute Gasteiger partial charge is 0.322 e. The summed E-state index contributed by atoms with van der Waals surface area (Å²) in [5.41, 5.74) is 0. The normalized spacial score (nSPS) is 14.5. The van der Waals surface area contributed by atoms with Gasteiger partial charge in [-0.1, -0.05) is 15.9 Å². The van der Waals surface area contributed by atoms with Gasteiger partial charge in [0.25, 0.3) is 0 Å². The lowest BCUT2D eigenvalue weighted by Crippen LogP contribution is -2.37. The zero-order chi connectivity index (χ0) is 9.56. The van der Waals surface area contributed by atoms with Gasteiger partial charge in [0.15, 0.2) is 0 Å². The summed E-state index contributed by atoms with van der Waals surface area (Å²) in [6.45, 7) is 2.11. The van der Waals surface area contributed by atoms with E-state index in [0.29, 0.717) is 6.54 Å². The summed E-state index contributed by atoms with van der Waals surface area (Å²) in [4.78, 5) is 10.6. The van der Waals surface area contributed by atoms with Crippen LogP contribution in [0.2, 0.25) is 0 Å². The Morgan fingerprint density at radius 1 is 1.83 bits per heavy atom. The highest BCUT2D eigenvalue weighted by Gasteiger charge is 2.13. The Kier molecular flexibility index (Phi) is 5.68. The SMILES string of the molecule is COC(=O)C(C)NCC(Br)C#N. The number of rotatable bonds is 4. The van der Waals surface area contributed by atoms with Crippen LogP contribution >= 0.6 is 15.9 Å². The summed E-state index contributed by atoms with van der Waals surface area (Å²) in [7, 11) is 1.33. The maximum absolute atomic E-state index is 10.8. The van der Waals surface area contributed by atoms with Crippen molar-refractivity contribution in [1.29, 1.82) is 5.26 Å². The van der Waals surface area contributed by atoms with Crippen LogP contribution in [0.5, 0.6) is 0 Å². The number of methoxy groups -OCH3 is 1. The molecule has 2 unspecified atom stereocenters. The van der Waals surface area contributed by atoms with Gasteiger partial charge in [-0.2, -0.15) is 5.26 Å². The van der Waals surface area contributed by atoms with Crippen LogP contribution in [0.4, 0.5) is 0 Å². The van der Waals surface area contributed by atoms with Gasteiger partial charge in [-0.15, -0.1) is 0 Å². The maximum Gasteiger partial charge on any atom is 0.322 e. The molecule has 4 nitrogen and oxygen atoms in total. The molecule has 2 atom stereocenters. The van der Waals surface area contributed by atoms with Gasteiger partial charge in [-0.05, 0) is 6.92 Å². The first kappa shape index (κ1) is 11.4. The number of carbonyl (C=O) groups excluding carboxylic acids is 1. The predicted molar refractivity (Wildman–Crippen MR) is 47.8 cm³/mol. The second-order valence-corrected chi connectivity index (χ2v) is 3.36. The van der Waals surface area contributed by atoms with Crippen LogP contribution < -0.4 is 5.32 Å². The Morgan fingerprint density at radius 3 is 2.83 bits per heavy atom. The first-order valence-electron chi connectivity index (χ1n) is 3.46. The van der Waals surface area contributed by atoms with Crippen molar-refractivity contribution in [3.8, 4) is 6.07 Å². The molecule has 5 heteroatoms. The molecule has 0 rings (SSSR count). The van der Waals surface area contributed by atoms with Crippen LogP contribution in [0.3, 0.4) is 0 Å². The number of carbonyl (C=O) groups is 1. The third kappa shape index (κ3) is 4.31. The minimum Gasteiger partial charge on any atom is -0.468 e. The number of nitrogens with zero attached hydrogens (tertiary/aromatic N) is 1. The van der Waals surface area contributed by atoms with Gasteiger partial charge in [0.2, 0.25) is 0 Å². The monoisotopic (exact) mass is 234 g/mol. The lowest BCUT2D eigenvalue weighted by atomic mass is 10.3. The van der Waals surface area contributed by atoms with Crippen molar-refractivity contribution in [2.45, 2.75) is 17.8 Å². The van der Waals surface area contributed by atoms with Gasteiger partial charge < -0.3 is 10.1 Å². The molecule has 0 saturated carbocycles. The van der Waals surface area contributed by atoms with Crippen molar-refractivity contribution in [2.24, 2.45) is 0 Å². The molecule has 0 fully saturated rings. The molecule has 0 aromatic carbocycles. The van der Waals surface area contributed by atoms with E-state index in [0.717, 1.165) is 0 Å². The summed E-state index contributed by atoms with van der Waals surface area (Å²) in [5.74, 6) is -0.326. The van der Waals surface area contributed by atoms with E-state index >= 15 is 0 Å². The van der Waals surface area contributed by atoms with Crippen molar-refractivity contribution in [3.05, 3.63) is 0 Å². The van der Waals surface area contributed by atoms with Gasteiger partial charge in [0.1, 0.15) is 10.9 Å². The van der Waals surface area contributed by atoms with Crippen LogP contribution in [-0.4, -0.2) is 30.5 Å².